The van der Waals surface area contributed by atoms with Crippen molar-refractivity contribution in [3.63, 3.8) is 0 Å². The molecule has 1 aliphatic carbocycles. The molecule has 1 heteroatoms. The number of ketones is 1. The zero-order valence-corrected chi connectivity index (χ0v) is 9.60. The first-order valence-corrected chi connectivity index (χ1v) is 5.94. The van der Waals surface area contributed by atoms with E-state index in [-0.39, 0.29) is 5.41 Å². The minimum absolute atomic E-state index is 0.0698. The van der Waals surface area contributed by atoms with Crippen molar-refractivity contribution >= 4 is 5.78 Å². The molecule has 0 saturated heterocycles. The molecule has 0 bridgehead atoms. The number of Topliss-reactive ketones (excluding diaryl/α,β-unsaturated/α-hetero) is 1. The van der Waals surface area contributed by atoms with Crippen LogP contribution in [0, 0.1) is 0 Å². The first kappa shape index (κ1) is 10.3. The van der Waals surface area contributed by atoms with Crippen molar-refractivity contribution in [3.8, 4) is 0 Å². The molecule has 1 saturated carbocycles. The summed E-state index contributed by atoms with van der Waals surface area (Å²) in [6.07, 6.45) is 1.28. The molecule has 2 aromatic rings. The number of hydrogen-bond donors (Lipinski definition) is 0. The second kappa shape index (κ2) is 3.85. The monoisotopic (exact) mass is 222 g/mol. The van der Waals surface area contributed by atoms with E-state index < -0.39 is 0 Å². The fourth-order valence-electron chi connectivity index (χ4n) is 2.71. The van der Waals surface area contributed by atoms with Gasteiger partial charge in [-0.05, 0) is 11.1 Å². The van der Waals surface area contributed by atoms with E-state index in [0.29, 0.717) is 18.6 Å². The van der Waals surface area contributed by atoms with Crippen LogP contribution in [0.5, 0.6) is 0 Å². The van der Waals surface area contributed by atoms with E-state index in [2.05, 4.69) is 24.3 Å². The SMILES string of the molecule is O=C1CC(c2ccccc2)(c2ccccc2)C1. The molecule has 0 radical (unpaired) electrons. The molecule has 0 heterocycles. The average molecular weight is 222 g/mol. The van der Waals surface area contributed by atoms with Gasteiger partial charge in [0.15, 0.2) is 0 Å². The third-order valence-electron chi connectivity index (χ3n) is 3.65. The van der Waals surface area contributed by atoms with Gasteiger partial charge in [0.1, 0.15) is 5.78 Å². The second-order valence-corrected chi connectivity index (χ2v) is 4.71. The zero-order chi connectivity index (χ0) is 11.7. The van der Waals surface area contributed by atoms with Crippen molar-refractivity contribution in [3.05, 3.63) is 71.8 Å². The molecule has 0 aliphatic heterocycles. The normalized spacial score (nSPS) is 17.5. The molecule has 84 valence electrons. The van der Waals surface area contributed by atoms with Crippen LogP contribution < -0.4 is 0 Å². The van der Waals surface area contributed by atoms with Gasteiger partial charge >= 0.3 is 0 Å². The summed E-state index contributed by atoms with van der Waals surface area (Å²) in [6.45, 7) is 0. The van der Waals surface area contributed by atoms with Crippen molar-refractivity contribution < 1.29 is 4.79 Å². The van der Waals surface area contributed by atoms with E-state index in [0.717, 1.165) is 0 Å². The van der Waals surface area contributed by atoms with E-state index in [1.165, 1.54) is 11.1 Å². The van der Waals surface area contributed by atoms with Crippen LogP contribution in [0.4, 0.5) is 0 Å². The Balaban J connectivity index is 2.09. The van der Waals surface area contributed by atoms with Gasteiger partial charge in [-0.2, -0.15) is 0 Å². The minimum Gasteiger partial charge on any atom is -0.300 e. The Labute approximate surface area is 101 Å². The van der Waals surface area contributed by atoms with Crippen LogP contribution in [-0.4, -0.2) is 5.78 Å². The van der Waals surface area contributed by atoms with Gasteiger partial charge in [-0.25, -0.2) is 0 Å². The molecule has 0 spiro atoms. The summed E-state index contributed by atoms with van der Waals surface area (Å²) in [4.78, 5) is 11.5. The molecule has 0 aromatic heterocycles. The molecular formula is C16H14O. The predicted octanol–water partition coefficient (Wildman–Crippen LogP) is 3.34. The van der Waals surface area contributed by atoms with Crippen LogP contribution in [0.2, 0.25) is 0 Å². The van der Waals surface area contributed by atoms with Gasteiger partial charge < -0.3 is 0 Å². The Hall–Kier alpha value is -1.89. The van der Waals surface area contributed by atoms with E-state index in [1.807, 2.05) is 36.4 Å². The Kier molecular flexibility index (Phi) is 2.32. The molecule has 3 rings (SSSR count). The molecule has 17 heavy (non-hydrogen) atoms. The third kappa shape index (κ3) is 1.59. The van der Waals surface area contributed by atoms with Gasteiger partial charge in [-0.3, -0.25) is 4.79 Å². The maximum Gasteiger partial charge on any atom is 0.135 e. The molecule has 2 aromatic carbocycles. The number of hydrogen-bond acceptors (Lipinski definition) is 1. The van der Waals surface area contributed by atoms with Gasteiger partial charge in [0.2, 0.25) is 0 Å². The van der Waals surface area contributed by atoms with Crippen molar-refractivity contribution in [1.29, 1.82) is 0 Å². The summed E-state index contributed by atoms with van der Waals surface area (Å²) in [6, 6.07) is 20.7. The van der Waals surface area contributed by atoms with E-state index in [9.17, 15) is 4.79 Å². The van der Waals surface area contributed by atoms with Gasteiger partial charge in [-0.15, -0.1) is 0 Å². The molecule has 1 aliphatic rings. The fraction of sp³-hybridized carbons (Fsp3) is 0.188. The average Bonchev–Trinajstić information content (AvgIpc) is 2.37. The van der Waals surface area contributed by atoms with Crippen molar-refractivity contribution in [2.24, 2.45) is 0 Å². The molecule has 0 amide bonds. The number of rotatable bonds is 2. The summed E-state index contributed by atoms with van der Waals surface area (Å²) >= 11 is 0. The standard InChI is InChI=1S/C16H14O/c17-15-11-16(12-15,13-7-3-1-4-8-13)14-9-5-2-6-10-14/h1-10H,11-12H2. The van der Waals surface area contributed by atoms with Crippen LogP contribution in [0.15, 0.2) is 60.7 Å². The first-order valence-electron chi connectivity index (χ1n) is 5.94. The maximum absolute atomic E-state index is 11.5. The highest BCUT2D eigenvalue weighted by Gasteiger charge is 2.45. The van der Waals surface area contributed by atoms with Crippen LogP contribution in [0.25, 0.3) is 0 Å². The number of benzene rings is 2. The van der Waals surface area contributed by atoms with Crippen molar-refractivity contribution in [2.45, 2.75) is 18.3 Å². The lowest BCUT2D eigenvalue weighted by Crippen LogP contribution is -2.42. The molecule has 0 N–H and O–H groups in total. The largest absolute Gasteiger partial charge is 0.300 e. The van der Waals surface area contributed by atoms with Crippen molar-refractivity contribution in [2.75, 3.05) is 0 Å². The highest BCUT2D eigenvalue weighted by atomic mass is 16.1. The van der Waals surface area contributed by atoms with E-state index >= 15 is 0 Å². The first-order chi connectivity index (χ1) is 8.31. The number of carbonyl (C=O) groups is 1. The topological polar surface area (TPSA) is 17.1 Å². The quantitative estimate of drug-likeness (QED) is 0.761. The Morgan fingerprint density at radius 3 is 1.47 bits per heavy atom. The van der Waals surface area contributed by atoms with Gasteiger partial charge in [0, 0.05) is 18.3 Å². The number of carbonyl (C=O) groups excluding carboxylic acids is 1. The van der Waals surface area contributed by atoms with Crippen LogP contribution in [0.1, 0.15) is 24.0 Å². The van der Waals surface area contributed by atoms with Gasteiger partial charge in [0.25, 0.3) is 0 Å². The molecule has 0 atom stereocenters. The maximum atomic E-state index is 11.5. The minimum atomic E-state index is -0.0698. The van der Waals surface area contributed by atoms with Crippen LogP contribution in [0.3, 0.4) is 0 Å². The fourth-order valence-corrected chi connectivity index (χ4v) is 2.71. The highest BCUT2D eigenvalue weighted by molar-refractivity contribution is 5.90. The summed E-state index contributed by atoms with van der Waals surface area (Å²) in [7, 11) is 0. The smallest absolute Gasteiger partial charge is 0.135 e. The molecule has 1 fully saturated rings. The molecule has 1 nitrogen and oxygen atoms in total. The second-order valence-electron chi connectivity index (χ2n) is 4.71. The summed E-state index contributed by atoms with van der Waals surface area (Å²) < 4.78 is 0. The molecular weight excluding hydrogens is 208 g/mol. The highest BCUT2D eigenvalue weighted by Crippen LogP contribution is 2.46. The lowest BCUT2D eigenvalue weighted by Gasteiger charge is -2.41. The summed E-state index contributed by atoms with van der Waals surface area (Å²) in [5, 5.41) is 0. The lowest BCUT2D eigenvalue weighted by atomic mass is 9.60. The summed E-state index contributed by atoms with van der Waals surface area (Å²) in [5.41, 5.74) is 2.44. The van der Waals surface area contributed by atoms with Gasteiger partial charge in [0.05, 0.1) is 0 Å². The van der Waals surface area contributed by atoms with E-state index in [4.69, 9.17) is 0 Å². The van der Waals surface area contributed by atoms with Crippen LogP contribution in [-0.2, 0) is 10.2 Å². The zero-order valence-electron chi connectivity index (χ0n) is 9.60. The van der Waals surface area contributed by atoms with Crippen molar-refractivity contribution in [1.82, 2.24) is 0 Å². The Morgan fingerprint density at radius 1 is 0.706 bits per heavy atom. The van der Waals surface area contributed by atoms with Gasteiger partial charge in [-0.1, -0.05) is 60.7 Å². The summed E-state index contributed by atoms with van der Waals surface area (Å²) in [5.74, 6) is 0.359. The lowest BCUT2D eigenvalue weighted by molar-refractivity contribution is -0.127. The third-order valence-corrected chi connectivity index (χ3v) is 3.65. The molecule has 0 unspecified atom stereocenters. The van der Waals surface area contributed by atoms with E-state index in [1.54, 1.807) is 0 Å². The Bertz CT molecular complexity index is 478. The van der Waals surface area contributed by atoms with Crippen LogP contribution >= 0.6 is 0 Å². The predicted molar refractivity (Wildman–Crippen MR) is 67.9 cm³/mol. The Morgan fingerprint density at radius 2 is 1.12 bits per heavy atom.